The van der Waals surface area contributed by atoms with E-state index in [0.29, 0.717) is 5.82 Å². The van der Waals surface area contributed by atoms with Crippen molar-refractivity contribution in [2.75, 3.05) is 4.72 Å². The lowest BCUT2D eigenvalue weighted by molar-refractivity contribution is 0.600. The number of H-pyrrole nitrogens is 1. The van der Waals surface area contributed by atoms with Crippen LogP contribution < -0.4 is 4.72 Å². The summed E-state index contributed by atoms with van der Waals surface area (Å²) in [4.78, 5) is 0.277. The lowest BCUT2D eigenvalue weighted by Gasteiger charge is -2.08. The quantitative estimate of drug-likeness (QED) is 0.902. The smallest absolute Gasteiger partial charge is 0.263 e. The van der Waals surface area contributed by atoms with Crippen LogP contribution in [0.3, 0.4) is 0 Å². The topological polar surface area (TPSA) is 74.8 Å². The van der Waals surface area contributed by atoms with Crippen LogP contribution in [0.2, 0.25) is 0 Å². The average Bonchev–Trinajstić information content (AvgIpc) is 2.75. The highest BCUT2D eigenvalue weighted by atomic mass is 32.2. The van der Waals surface area contributed by atoms with Gasteiger partial charge in [0.05, 0.1) is 4.90 Å². The summed E-state index contributed by atoms with van der Waals surface area (Å²) in [5.41, 5.74) is 2.64. The molecule has 6 heteroatoms. The molecule has 0 saturated heterocycles. The first-order chi connectivity index (χ1) is 8.92. The molecule has 19 heavy (non-hydrogen) atoms. The van der Waals surface area contributed by atoms with E-state index in [1.54, 1.807) is 25.1 Å². The number of hydrogen-bond donors (Lipinski definition) is 2. The lowest BCUT2D eigenvalue weighted by atomic mass is 10.2. The van der Waals surface area contributed by atoms with Crippen molar-refractivity contribution >= 4 is 15.8 Å². The second kappa shape index (κ2) is 5.05. The Hall–Kier alpha value is -1.82. The Kier molecular flexibility index (Phi) is 3.61. The van der Waals surface area contributed by atoms with Gasteiger partial charge in [0.15, 0.2) is 5.82 Å². The van der Waals surface area contributed by atoms with E-state index in [2.05, 4.69) is 14.9 Å². The van der Waals surface area contributed by atoms with Gasteiger partial charge in [-0.05, 0) is 31.9 Å². The van der Waals surface area contributed by atoms with Gasteiger partial charge in [-0.15, -0.1) is 0 Å². The maximum absolute atomic E-state index is 12.3. The summed E-state index contributed by atoms with van der Waals surface area (Å²) in [5.74, 6) is 0.317. The Morgan fingerprint density at radius 3 is 2.58 bits per heavy atom. The van der Waals surface area contributed by atoms with Gasteiger partial charge in [-0.3, -0.25) is 9.82 Å². The fourth-order valence-corrected chi connectivity index (χ4v) is 3.11. The summed E-state index contributed by atoms with van der Waals surface area (Å²) in [5, 5.41) is 6.71. The molecule has 2 rings (SSSR count). The van der Waals surface area contributed by atoms with Gasteiger partial charge in [0, 0.05) is 11.8 Å². The highest BCUT2D eigenvalue weighted by Gasteiger charge is 2.18. The van der Waals surface area contributed by atoms with Crippen molar-refractivity contribution in [3.8, 4) is 0 Å². The number of anilines is 1. The van der Waals surface area contributed by atoms with E-state index in [4.69, 9.17) is 0 Å². The number of sulfonamides is 1. The summed E-state index contributed by atoms with van der Waals surface area (Å²) < 4.78 is 27.0. The van der Waals surface area contributed by atoms with Crippen molar-refractivity contribution in [1.29, 1.82) is 0 Å². The fraction of sp³-hybridized carbons (Fsp3) is 0.308. The maximum atomic E-state index is 12.3. The van der Waals surface area contributed by atoms with Crippen LogP contribution in [0.4, 0.5) is 5.82 Å². The second-order valence-corrected chi connectivity index (χ2v) is 6.16. The van der Waals surface area contributed by atoms with Crippen molar-refractivity contribution in [2.24, 2.45) is 0 Å². The minimum atomic E-state index is -3.59. The molecule has 0 radical (unpaired) electrons. The summed E-state index contributed by atoms with van der Waals surface area (Å²) in [7, 11) is -3.59. The van der Waals surface area contributed by atoms with Gasteiger partial charge in [-0.2, -0.15) is 5.10 Å². The fourth-order valence-electron chi connectivity index (χ4n) is 1.89. The molecule has 0 spiro atoms. The van der Waals surface area contributed by atoms with Crippen molar-refractivity contribution in [1.82, 2.24) is 10.2 Å². The number of benzene rings is 1. The molecule has 0 unspecified atom stereocenters. The Labute approximate surface area is 113 Å². The Morgan fingerprint density at radius 2 is 2.00 bits per heavy atom. The average molecular weight is 279 g/mol. The SMILES string of the molecule is CCc1cc(NS(=O)(=O)c2ccc(C)cc2C)n[nH]1. The maximum Gasteiger partial charge on any atom is 0.263 e. The molecule has 0 aliphatic heterocycles. The van der Waals surface area contributed by atoms with Gasteiger partial charge in [-0.1, -0.05) is 24.6 Å². The first-order valence-electron chi connectivity index (χ1n) is 6.06. The molecule has 0 amide bonds. The van der Waals surface area contributed by atoms with Crippen LogP contribution >= 0.6 is 0 Å². The molecule has 0 aliphatic carbocycles. The summed E-state index contributed by atoms with van der Waals surface area (Å²) in [6.45, 7) is 5.68. The monoisotopic (exact) mass is 279 g/mol. The Balaban J connectivity index is 2.32. The van der Waals surface area contributed by atoms with Crippen LogP contribution in [-0.2, 0) is 16.4 Å². The molecule has 1 aromatic carbocycles. The van der Waals surface area contributed by atoms with Gasteiger partial charge in [0.1, 0.15) is 0 Å². The standard InChI is InChI=1S/C13H17N3O2S/c1-4-11-8-13(15-14-11)16-19(17,18)12-6-5-9(2)7-10(12)3/h5-8H,4H2,1-3H3,(H2,14,15,16). The van der Waals surface area contributed by atoms with E-state index in [0.717, 1.165) is 23.2 Å². The van der Waals surface area contributed by atoms with E-state index in [-0.39, 0.29) is 4.90 Å². The van der Waals surface area contributed by atoms with E-state index in [9.17, 15) is 8.42 Å². The third-order valence-electron chi connectivity index (χ3n) is 2.87. The van der Waals surface area contributed by atoms with Crippen LogP contribution in [0.1, 0.15) is 23.7 Å². The molecule has 2 N–H and O–H groups in total. The Bertz CT molecular complexity index is 690. The van der Waals surface area contributed by atoms with Gasteiger partial charge in [0.25, 0.3) is 10.0 Å². The molecule has 0 saturated carbocycles. The number of hydrogen-bond acceptors (Lipinski definition) is 3. The molecule has 102 valence electrons. The molecule has 0 bridgehead atoms. The number of nitrogens with one attached hydrogen (secondary N) is 2. The Morgan fingerprint density at radius 1 is 1.26 bits per heavy atom. The first-order valence-corrected chi connectivity index (χ1v) is 7.55. The molecule has 2 aromatic rings. The molecule has 0 atom stereocenters. The van der Waals surface area contributed by atoms with Crippen LogP contribution in [0.25, 0.3) is 0 Å². The van der Waals surface area contributed by atoms with Gasteiger partial charge in [0.2, 0.25) is 0 Å². The second-order valence-electron chi connectivity index (χ2n) is 4.51. The lowest BCUT2D eigenvalue weighted by Crippen LogP contribution is -2.14. The first kappa shape index (κ1) is 13.6. The van der Waals surface area contributed by atoms with Crippen LogP contribution in [0.15, 0.2) is 29.2 Å². The third kappa shape index (κ3) is 2.96. The van der Waals surface area contributed by atoms with Gasteiger partial charge < -0.3 is 0 Å². The van der Waals surface area contributed by atoms with E-state index >= 15 is 0 Å². The minimum Gasteiger partial charge on any atom is -0.280 e. The molecule has 1 aromatic heterocycles. The zero-order valence-electron chi connectivity index (χ0n) is 11.2. The number of aryl methyl sites for hydroxylation is 3. The zero-order chi connectivity index (χ0) is 14.0. The summed E-state index contributed by atoms with van der Waals surface area (Å²) in [6, 6.07) is 6.93. The molecule has 0 aliphatic rings. The molecular formula is C13H17N3O2S. The third-order valence-corrected chi connectivity index (χ3v) is 4.39. The predicted octanol–water partition coefficient (Wildman–Crippen LogP) is 2.39. The molecule has 5 nitrogen and oxygen atoms in total. The van der Waals surface area contributed by atoms with E-state index < -0.39 is 10.0 Å². The zero-order valence-corrected chi connectivity index (χ0v) is 12.0. The number of rotatable bonds is 4. The highest BCUT2D eigenvalue weighted by molar-refractivity contribution is 7.92. The highest BCUT2D eigenvalue weighted by Crippen LogP contribution is 2.19. The summed E-state index contributed by atoms with van der Waals surface area (Å²) in [6.07, 6.45) is 0.776. The van der Waals surface area contributed by atoms with Gasteiger partial charge in [-0.25, -0.2) is 8.42 Å². The normalized spacial score (nSPS) is 11.5. The van der Waals surface area contributed by atoms with Crippen molar-refractivity contribution in [2.45, 2.75) is 32.1 Å². The van der Waals surface area contributed by atoms with Crippen molar-refractivity contribution < 1.29 is 8.42 Å². The predicted molar refractivity (Wildman–Crippen MR) is 74.7 cm³/mol. The summed E-state index contributed by atoms with van der Waals surface area (Å²) >= 11 is 0. The van der Waals surface area contributed by atoms with Gasteiger partial charge >= 0.3 is 0 Å². The molecular weight excluding hydrogens is 262 g/mol. The van der Waals surface area contributed by atoms with E-state index in [1.165, 1.54) is 0 Å². The van der Waals surface area contributed by atoms with E-state index in [1.807, 2.05) is 19.9 Å². The molecule has 1 heterocycles. The largest absolute Gasteiger partial charge is 0.280 e. The van der Waals surface area contributed by atoms with Crippen molar-refractivity contribution in [3.63, 3.8) is 0 Å². The minimum absolute atomic E-state index is 0.277. The van der Waals surface area contributed by atoms with Crippen LogP contribution in [0, 0.1) is 13.8 Å². The van der Waals surface area contributed by atoms with Crippen LogP contribution in [0.5, 0.6) is 0 Å². The number of aromatic amines is 1. The van der Waals surface area contributed by atoms with Crippen LogP contribution in [-0.4, -0.2) is 18.6 Å². The number of aromatic nitrogens is 2. The van der Waals surface area contributed by atoms with Crippen molar-refractivity contribution in [3.05, 3.63) is 41.1 Å². The number of nitrogens with zero attached hydrogens (tertiary/aromatic N) is 1. The molecule has 0 fully saturated rings.